The number of hydrogen-bond acceptors (Lipinski definition) is 5. The highest BCUT2D eigenvalue weighted by Crippen LogP contribution is 2.52. The predicted octanol–water partition coefficient (Wildman–Crippen LogP) is 1.46. The highest BCUT2D eigenvalue weighted by Gasteiger charge is 2.66. The fourth-order valence-electron chi connectivity index (χ4n) is 4.36. The van der Waals surface area contributed by atoms with Crippen molar-refractivity contribution in [2.24, 2.45) is 17.8 Å². The quantitative estimate of drug-likeness (QED) is 0.719. The van der Waals surface area contributed by atoms with Crippen LogP contribution in [0.1, 0.15) is 26.0 Å². The van der Waals surface area contributed by atoms with Crippen molar-refractivity contribution in [3.8, 4) is 0 Å². The van der Waals surface area contributed by atoms with Gasteiger partial charge in [-0.05, 0) is 12.3 Å². The number of fused-ring (bicyclic) bond motifs is 1. The van der Waals surface area contributed by atoms with Crippen molar-refractivity contribution in [3.63, 3.8) is 0 Å². The molecule has 3 aliphatic rings. The van der Waals surface area contributed by atoms with Crippen molar-refractivity contribution in [1.82, 2.24) is 15.0 Å². The molecule has 2 saturated heterocycles. The Hall–Kier alpha value is -2.15. The number of carbonyl (C=O) groups is 2. The zero-order chi connectivity index (χ0) is 18.5. The van der Waals surface area contributed by atoms with Crippen LogP contribution in [0, 0.1) is 17.8 Å². The second-order valence-corrected chi connectivity index (χ2v) is 8.03. The van der Waals surface area contributed by atoms with Crippen molar-refractivity contribution < 1.29 is 18.8 Å². The van der Waals surface area contributed by atoms with Gasteiger partial charge in [-0.3, -0.25) is 9.59 Å². The van der Waals surface area contributed by atoms with E-state index < -0.39 is 17.4 Å². The molecule has 26 heavy (non-hydrogen) atoms. The molecule has 2 bridgehead atoms. The minimum atomic E-state index is -0.631. The summed E-state index contributed by atoms with van der Waals surface area (Å²) in [5, 5.41) is 3.86. The average molecular weight is 359 g/mol. The summed E-state index contributed by atoms with van der Waals surface area (Å²) in [6.07, 6.45) is 6.06. The van der Waals surface area contributed by atoms with E-state index >= 15 is 0 Å². The lowest BCUT2D eigenvalue weighted by atomic mass is 9.76. The third-order valence-electron chi connectivity index (χ3n) is 5.71. The summed E-state index contributed by atoms with van der Waals surface area (Å²) in [6.45, 7) is 5.91. The van der Waals surface area contributed by atoms with Crippen molar-refractivity contribution in [2.75, 3.05) is 20.1 Å². The van der Waals surface area contributed by atoms with Crippen LogP contribution < -0.4 is 0 Å². The molecule has 4 heterocycles. The molecule has 4 rings (SSSR count). The van der Waals surface area contributed by atoms with Crippen LogP contribution in [-0.2, 0) is 20.9 Å². The second kappa shape index (κ2) is 6.23. The Bertz CT molecular complexity index is 729. The van der Waals surface area contributed by atoms with Crippen LogP contribution in [0.25, 0.3) is 0 Å². The molecule has 0 N–H and O–H groups in total. The van der Waals surface area contributed by atoms with Crippen LogP contribution in [0.3, 0.4) is 0 Å². The van der Waals surface area contributed by atoms with Crippen LogP contribution in [0.4, 0.5) is 0 Å². The van der Waals surface area contributed by atoms with Gasteiger partial charge in [-0.1, -0.05) is 31.2 Å². The average Bonchev–Trinajstić information content (AvgIpc) is 3.35. The molecule has 2 unspecified atom stereocenters. The minimum Gasteiger partial charge on any atom is -0.364 e. The standard InChI is InChI=1S/C19H25N3O4/c1-12(2)5-8-22-11-19-7-4-14(26-19)15(16(19)18(22)24)17(23)21(3)10-13-6-9-25-20-13/h4,6-7,9,12,14-16H,5,8,10-11H2,1-3H3/t14-,15?,16?,19-/m0/s1. The van der Waals surface area contributed by atoms with Crippen molar-refractivity contribution in [1.29, 1.82) is 0 Å². The lowest BCUT2D eigenvalue weighted by Gasteiger charge is -2.27. The smallest absolute Gasteiger partial charge is 0.230 e. The molecule has 0 aromatic carbocycles. The van der Waals surface area contributed by atoms with E-state index in [-0.39, 0.29) is 17.9 Å². The zero-order valence-electron chi connectivity index (χ0n) is 15.4. The lowest BCUT2D eigenvalue weighted by molar-refractivity contribution is -0.142. The molecule has 4 atom stereocenters. The molecule has 7 nitrogen and oxygen atoms in total. The Morgan fingerprint density at radius 2 is 2.31 bits per heavy atom. The van der Waals surface area contributed by atoms with Gasteiger partial charge in [0.05, 0.1) is 31.0 Å². The van der Waals surface area contributed by atoms with E-state index in [9.17, 15) is 9.59 Å². The first kappa shape index (κ1) is 17.3. The van der Waals surface area contributed by atoms with Gasteiger partial charge in [0.2, 0.25) is 11.8 Å². The van der Waals surface area contributed by atoms with E-state index in [4.69, 9.17) is 9.26 Å². The Morgan fingerprint density at radius 1 is 1.50 bits per heavy atom. The van der Waals surface area contributed by atoms with E-state index in [1.807, 2.05) is 17.1 Å². The molecular formula is C19H25N3O4. The number of amides is 2. The first-order chi connectivity index (χ1) is 12.4. The van der Waals surface area contributed by atoms with Crippen molar-refractivity contribution >= 4 is 11.8 Å². The molecule has 0 radical (unpaired) electrons. The number of ether oxygens (including phenoxy) is 1. The van der Waals surface area contributed by atoms with Crippen LogP contribution in [0.2, 0.25) is 0 Å². The van der Waals surface area contributed by atoms with Gasteiger partial charge < -0.3 is 19.1 Å². The van der Waals surface area contributed by atoms with E-state index in [1.54, 1.807) is 18.0 Å². The van der Waals surface area contributed by atoms with E-state index in [0.717, 1.165) is 6.42 Å². The maximum absolute atomic E-state index is 13.1. The minimum absolute atomic E-state index is 0.0469. The molecule has 1 aromatic heterocycles. The van der Waals surface area contributed by atoms with Crippen molar-refractivity contribution in [3.05, 3.63) is 30.2 Å². The Kier molecular flexibility index (Phi) is 4.14. The highest BCUT2D eigenvalue weighted by atomic mass is 16.5. The number of nitrogens with zero attached hydrogens (tertiary/aromatic N) is 3. The molecule has 140 valence electrons. The monoisotopic (exact) mass is 359 g/mol. The summed E-state index contributed by atoms with van der Waals surface area (Å²) in [5.41, 5.74) is 0.0554. The molecule has 0 saturated carbocycles. The molecule has 3 aliphatic heterocycles. The van der Waals surface area contributed by atoms with Gasteiger partial charge >= 0.3 is 0 Å². The van der Waals surface area contributed by atoms with Gasteiger partial charge in [0, 0.05) is 19.7 Å². The van der Waals surface area contributed by atoms with Crippen LogP contribution in [0.15, 0.2) is 29.0 Å². The number of carbonyl (C=O) groups excluding carboxylic acids is 2. The summed E-state index contributed by atoms with van der Waals surface area (Å²) >= 11 is 0. The molecule has 2 amide bonds. The summed E-state index contributed by atoms with van der Waals surface area (Å²) in [4.78, 5) is 29.6. The molecule has 2 fully saturated rings. The first-order valence-electron chi connectivity index (χ1n) is 9.21. The first-order valence-corrected chi connectivity index (χ1v) is 9.21. The van der Waals surface area contributed by atoms with Gasteiger partial charge in [0.25, 0.3) is 0 Å². The van der Waals surface area contributed by atoms with Gasteiger partial charge in [-0.15, -0.1) is 0 Å². The largest absolute Gasteiger partial charge is 0.364 e. The lowest BCUT2D eigenvalue weighted by Crippen LogP contribution is -2.44. The maximum atomic E-state index is 13.1. The summed E-state index contributed by atoms with van der Waals surface area (Å²) < 4.78 is 11.0. The Labute approximate surface area is 152 Å². The van der Waals surface area contributed by atoms with Crippen LogP contribution >= 0.6 is 0 Å². The molecule has 1 aromatic rings. The van der Waals surface area contributed by atoms with Crippen LogP contribution in [0.5, 0.6) is 0 Å². The molecule has 1 spiro atoms. The number of likely N-dealkylation sites (tertiary alicyclic amines) is 1. The SMILES string of the molecule is CC(C)CCN1C[C@]23C=C[C@H](O2)C(C(=O)N(C)Cc2ccon2)C3C1=O. The fourth-order valence-corrected chi connectivity index (χ4v) is 4.36. The third kappa shape index (κ3) is 2.65. The number of aromatic nitrogens is 1. The number of hydrogen-bond donors (Lipinski definition) is 0. The van der Waals surface area contributed by atoms with E-state index in [1.165, 1.54) is 6.26 Å². The molecule has 7 heteroatoms. The summed E-state index contributed by atoms with van der Waals surface area (Å²) in [5.74, 6) is -0.385. The Morgan fingerprint density at radius 3 is 3.00 bits per heavy atom. The molecule has 0 aliphatic carbocycles. The summed E-state index contributed by atoms with van der Waals surface area (Å²) in [6, 6.07) is 1.73. The van der Waals surface area contributed by atoms with E-state index in [0.29, 0.717) is 31.2 Å². The maximum Gasteiger partial charge on any atom is 0.230 e. The normalized spacial score (nSPS) is 31.9. The Balaban J connectivity index is 1.52. The van der Waals surface area contributed by atoms with Gasteiger partial charge in [-0.2, -0.15) is 0 Å². The van der Waals surface area contributed by atoms with Gasteiger partial charge in [0.1, 0.15) is 17.6 Å². The molecular weight excluding hydrogens is 334 g/mol. The zero-order valence-corrected chi connectivity index (χ0v) is 15.4. The predicted molar refractivity (Wildman–Crippen MR) is 92.7 cm³/mol. The summed E-state index contributed by atoms with van der Waals surface area (Å²) in [7, 11) is 1.73. The van der Waals surface area contributed by atoms with Gasteiger partial charge in [-0.25, -0.2) is 0 Å². The third-order valence-corrected chi connectivity index (χ3v) is 5.71. The highest BCUT2D eigenvalue weighted by molar-refractivity contribution is 5.92. The van der Waals surface area contributed by atoms with Crippen LogP contribution in [-0.4, -0.2) is 58.6 Å². The number of rotatable bonds is 6. The second-order valence-electron chi connectivity index (χ2n) is 8.03. The van der Waals surface area contributed by atoms with E-state index in [2.05, 4.69) is 19.0 Å². The van der Waals surface area contributed by atoms with Gasteiger partial charge in [0.15, 0.2) is 0 Å². The topological polar surface area (TPSA) is 75.9 Å². The fraction of sp³-hybridized carbons (Fsp3) is 0.632. The van der Waals surface area contributed by atoms with Crippen molar-refractivity contribution in [2.45, 2.75) is 38.5 Å².